The third kappa shape index (κ3) is 5.02. The van der Waals surface area contributed by atoms with Crippen LogP contribution in [0.3, 0.4) is 0 Å². The number of benzene rings is 2. The molecule has 0 atom stereocenters. The molecule has 0 unspecified atom stereocenters. The molecule has 1 saturated carbocycles. The largest absolute Gasteiger partial charge is 0.497 e. The molecule has 160 valence electrons. The standard InChI is InChI=1S/C21H21N5O4S/c1-30-18-4-2-3-14(11-18)13-31-21-24-23-19(12-22-20(27)15-5-6-15)25(21)16-7-9-17(10-8-16)26(28)29/h2-4,7-11,15H,5-6,12-13H2,1H3,(H,22,27). The summed E-state index contributed by atoms with van der Waals surface area (Å²) in [5, 5.41) is 23.1. The quantitative estimate of drug-likeness (QED) is 0.308. The molecule has 1 aromatic heterocycles. The van der Waals surface area contributed by atoms with E-state index in [9.17, 15) is 14.9 Å². The average molecular weight is 439 g/mol. The van der Waals surface area contributed by atoms with Gasteiger partial charge in [0.15, 0.2) is 11.0 Å². The molecule has 0 aliphatic heterocycles. The van der Waals surface area contributed by atoms with Crippen molar-refractivity contribution in [1.29, 1.82) is 0 Å². The van der Waals surface area contributed by atoms with Crippen LogP contribution in [0.1, 0.15) is 24.2 Å². The summed E-state index contributed by atoms with van der Waals surface area (Å²) in [4.78, 5) is 22.6. The molecule has 1 fully saturated rings. The molecule has 0 spiro atoms. The molecule has 1 aliphatic carbocycles. The summed E-state index contributed by atoms with van der Waals surface area (Å²) < 4.78 is 7.10. The van der Waals surface area contributed by atoms with Crippen LogP contribution in [0.15, 0.2) is 53.7 Å². The second kappa shape index (κ2) is 9.17. The molecule has 31 heavy (non-hydrogen) atoms. The third-order valence-corrected chi connectivity index (χ3v) is 5.89. The summed E-state index contributed by atoms with van der Waals surface area (Å²) in [6.45, 7) is 0.235. The maximum absolute atomic E-state index is 12.1. The number of carbonyl (C=O) groups excluding carboxylic acids is 1. The predicted octanol–water partition coefficient (Wildman–Crippen LogP) is 3.50. The molecule has 4 rings (SSSR count). The molecule has 1 heterocycles. The van der Waals surface area contributed by atoms with Crippen LogP contribution in [0.4, 0.5) is 5.69 Å². The van der Waals surface area contributed by atoms with E-state index in [1.54, 1.807) is 19.2 Å². The Morgan fingerprint density at radius 3 is 2.71 bits per heavy atom. The average Bonchev–Trinajstić information content (AvgIpc) is 3.57. The zero-order chi connectivity index (χ0) is 21.8. The topological polar surface area (TPSA) is 112 Å². The number of nitro benzene ring substituents is 1. The van der Waals surface area contributed by atoms with Crippen molar-refractivity contribution in [2.24, 2.45) is 5.92 Å². The van der Waals surface area contributed by atoms with Crippen LogP contribution >= 0.6 is 11.8 Å². The molecule has 0 radical (unpaired) electrons. The number of rotatable bonds is 9. The first kappa shape index (κ1) is 20.9. The molecule has 1 amide bonds. The molecule has 9 nitrogen and oxygen atoms in total. The highest BCUT2D eigenvalue weighted by atomic mass is 32.2. The van der Waals surface area contributed by atoms with Crippen LogP contribution in [-0.2, 0) is 17.1 Å². The van der Waals surface area contributed by atoms with Crippen molar-refractivity contribution in [3.05, 3.63) is 70.0 Å². The van der Waals surface area contributed by atoms with E-state index in [4.69, 9.17) is 4.74 Å². The predicted molar refractivity (Wildman–Crippen MR) is 115 cm³/mol. The fraction of sp³-hybridized carbons (Fsp3) is 0.286. The highest BCUT2D eigenvalue weighted by molar-refractivity contribution is 7.98. The van der Waals surface area contributed by atoms with Crippen molar-refractivity contribution in [3.8, 4) is 11.4 Å². The van der Waals surface area contributed by atoms with Gasteiger partial charge in [-0.25, -0.2) is 0 Å². The van der Waals surface area contributed by atoms with Crippen LogP contribution in [-0.4, -0.2) is 32.7 Å². The number of amides is 1. The smallest absolute Gasteiger partial charge is 0.269 e. The lowest BCUT2D eigenvalue weighted by Crippen LogP contribution is -2.25. The minimum absolute atomic E-state index is 0.00555. The number of methoxy groups -OCH3 is 1. The Balaban J connectivity index is 1.58. The number of carbonyl (C=O) groups is 1. The zero-order valence-corrected chi connectivity index (χ0v) is 17.7. The minimum Gasteiger partial charge on any atom is -0.497 e. The van der Waals surface area contributed by atoms with Crippen LogP contribution in [0.25, 0.3) is 5.69 Å². The van der Waals surface area contributed by atoms with Gasteiger partial charge in [0, 0.05) is 29.5 Å². The fourth-order valence-electron chi connectivity index (χ4n) is 3.06. The molecule has 0 saturated heterocycles. The lowest BCUT2D eigenvalue weighted by Gasteiger charge is -2.11. The van der Waals surface area contributed by atoms with Crippen molar-refractivity contribution in [2.45, 2.75) is 30.3 Å². The van der Waals surface area contributed by atoms with Crippen LogP contribution < -0.4 is 10.1 Å². The zero-order valence-electron chi connectivity index (χ0n) is 16.9. The first-order chi connectivity index (χ1) is 15.0. The van der Waals surface area contributed by atoms with E-state index >= 15 is 0 Å². The number of nitro groups is 1. The Hall–Kier alpha value is -3.40. The molecule has 3 aromatic rings. The number of non-ortho nitro benzene ring substituents is 1. The normalized spacial score (nSPS) is 13.1. The van der Waals surface area contributed by atoms with Crippen LogP contribution in [0.5, 0.6) is 5.75 Å². The van der Waals surface area contributed by atoms with Gasteiger partial charge in [-0.1, -0.05) is 23.9 Å². The van der Waals surface area contributed by atoms with E-state index in [2.05, 4.69) is 15.5 Å². The number of ether oxygens (including phenoxy) is 1. The van der Waals surface area contributed by atoms with E-state index in [1.807, 2.05) is 28.8 Å². The summed E-state index contributed by atoms with van der Waals surface area (Å²) >= 11 is 1.49. The summed E-state index contributed by atoms with van der Waals surface area (Å²) in [5.74, 6) is 2.09. The van der Waals surface area contributed by atoms with Crippen molar-refractivity contribution < 1.29 is 14.5 Å². The van der Waals surface area contributed by atoms with Gasteiger partial charge in [0.05, 0.1) is 18.6 Å². The van der Waals surface area contributed by atoms with Gasteiger partial charge >= 0.3 is 0 Å². The maximum Gasteiger partial charge on any atom is 0.269 e. The van der Waals surface area contributed by atoms with Gasteiger partial charge < -0.3 is 10.1 Å². The maximum atomic E-state index is 12.1. The number of nitrogens with zero attached hydrogens (tertiary/aromatic N) is 4. The summed E-state index contributed by atoms with van der Waals surface area (Å²) in [6.07, 6.45) is 1.84. The van der Waals surface area contributed by atoms with Crippen molar-refractivity contribution in [1.82, 2.24) is 20.1 Å². The monoisotopic (exact) mass is 439 g/mol. The van der Waals surface area contributed by atoms with Crippen LogP contribution in [0, 0.1) is 16.0 Å². The Labute approximate surface area is 183 Å². The SMILES string of the molecule is COc1cccc(CSc2nnc(CNC(=O)C3CC3)n2-c2ccc([N+](=O)[O-])cc2)c1. The summed E-state index contributed by atoms with van der Waals surface area (Å²) in [6, 6.07) is 14.0. The van der Waals surface area contributed by atoms with Crippen molar-refractivity contribution >= 4 is 23.4 Å². The molecule has 1 N–H and O–H groups in total. The van der Waals surface area contributed by atoms with E-state index < -0.39 is 4.92 Å². The van der Waals surface area contributed by atoms with Crippen LogP contribution in [0.2, 0.25) is 0 Å². The molecule has 10 heteroatoms. The highest BCUT2D eigenvalue weighted by Crippen LogP contribution is 2.30. The van der Waals surface area contributed by atoms with Gasteiger partial charge in [0.25, 0.3) is 5.69 Å². The summed E-state index contributed by atoms with van der Waals surface area (Å²) in [7, 11) is 1.62. The third-order valence-electron chi connectivity index (χ3n) is 4.89. The molecule has 2 aromatic carbocycles. The van der Waals surface area contributed by atoms with Crippen molar-refractivity contribution in [3.63, 3.8) is 0 Å². The number of hydrogen-bond acceptors (Lipinski definition) is 7. The Kier molecular flexibility index (Phi) is 6.17. The number of nitrogens with one attached hydrogen (secondary N) is 1. The minimum atomic E-state index is -0.439. The Morgan fingerprint density at radius 1 is 1.26 bits per heavy atom. The highest BCUT2D eigenvalue weighted by Gasteiger charge is 2.29. The van der Waals surface area contributed by atoms with Gasteiger partial charge in [0.1, 0.15) is 5.75 Å². The molecular formula is C21H21N5O4S. The molecule has 0 bridgehead atoms. The van der Waals surface area contributed by atoms with Gasteiger partial charge in [0.2, 0.25) is 5.91 Å². The molecular weight excluding hydrogens is 418 g/mol. The Morgan fingerprint density at radius 2 is 2.03 bits per heavy atom. The van der Waals surface area contributed by atoms with E-state index in [0.29, 0.717) is 22.4 Å². The second-order valence-electron chi connectivity index (χ2n) is 7.14. The van der Waals surface area contributed by atoms with Gasteiger partial charge in [-0.05, 0) is 42.7 Å². The second-order valence-corrected chi connectivity index (χ2v) is 8.08. The van der Waals surface area contributed by atoms with Crippen molar-refractivity contribution in [2.75, 3.05) is 7.11 Å². The number of aromatic nitrogens is 3. The van der Waals surface area contributed by atoms with E-state index in [1.165, 1.54) is 23.9 Å². The number of hydrogen-bond donors (Lipinski definition) is 1. The number of thioether (sulfide) groups is 1. The summed E-state index contributed by atoms with van der Waals surface area (Å²) in [5.41, 5.74) is 1.76. The lowest BCUT2D eigenvalue weighted by atomic mass is 10.2. The molecule has 1 aliphatic rings. The Bertz CT molecular complexity index is 1100. The van der Waals surface area contributed by atoms with Gasteiger partial charge in [-0.2, -0.15) is 0 Å². The lowest BCUT2D eigenvalue weighted by molar-refractivity contribution is -0.384. The fourth-order valence-corrected chi connectivity index (χ4v) is 3.97. The first-order valence-corrected chi connectivity index (χ1v) is 10.8. The first-order valence-electron chi connectivity index (χ1n) is 9.77. The van der Waals surface area contributed by atoms with E-state index in [0.717, 1.165) is 24.2 Å². The van der Waals surface area contributed by atoms with E-state index in [-0.39, 0.29) is 24.1 Å². The van der Waals surface area contributed by atoms with Gasteiger partial charge in [-0.15, -0.1) is 10.2 Å². The van der Waals surface area contributed by atoms with Gasteiger partial charge in [-0.3, -0.25) is 19.5 Å².